The summed E-state index contributed by atoms with van der Waals surface area (Å²) in [4.78, 5) is 8.29. The third-order valence-corrected chi connectivity index (χ3v) is 2.68. The minimum absolute atomic E-state index is 0.660. The summed E-state index contributed by atoms with van der Waals surface area (Å²) in [6, 6.07) is 0. The quantitative estimate of drug-likeness (QED) is 0.576. The highest BCUT2D eigenvalue weighted by molar-refractivity contribution is 5.79. The van der Waals surface area contributed by atoms with Crippen LogP contribution in [0.3, 0.4) is 0 Å². The zero-order valence-corrected chi connectivity index (χ0v) is 10.4. The average molecular weight is 237 g/mol. The zero-order chi connectivity index (χ0) is 12.1. The Morgan fingerprint density at radius 2 is 2.29 bits per heavy atom. The van der Waals surface area contributed by atoms with Crippen molar-refractivity contribution in [2.75, 3.05) is 20.1 Å². The molecule has 0 aromatic carbocycles. The minimum atomic E-state index is 0.660. The van der Waals surface area contributed by atoms with Gasteiger partial charge in [0.25, 0.3) is 0 Å². The van der Waals surface area contributed by atoms with Crippen LogP contribution in [0.2, 0.25) is 0 Å². The number of aryl methyl sites for hydroxylation is 1. The lowest BCUT2D eigenvalue weighted by Gasteiger charge is -2.10. The minimum Gasteiger partial charge on any atom is -0.356 e. The van der Waals surface area contributed by atoms with Crippen LogP contribution in [-0.2, 0) is 6.42 Å². The molecule has 0 atom stereocenters. The molecule has 2 rings (SSSR count). The SMILES string of the molecule is CN=C(NCCc1nc(C)no1)NCC1CC1. The predicted octanol–water partition coefficient (Wildman–Crippen LogP) is 0.496. The van der Waals surface area contributed by atoms with Crippen LogP contribution in [0.15, 0.2) is 9.52 Å². The molecular formula is C11H19N5O. The highest BCUT2D eigenvalue weighted by Crippen LogP contribution is 2.27. The van der Waals surface area contributed by atoms with Crippen LogP contribution in [-0.4, -0.2) is 36.2 Å². The molecule has 0 bridgehead atoms. The number of hydrogen-bond donors (Lipinski definition) is 2. The number of guanidine groups is 1. The van der Waals surface area contributed by atoms with E-state index in [2.05, 4.69) is 25.8 Å². The van der Waals surface area contributed by atoms with Gasteiger partial charge in [0.15, 0.2) is 11.8 Å². The highest BCUT2D eigenvalue weighted by Gasteiger charge is 2.20. The number of aliphatic imine (C=N–C) groups is 1. The van der Waals surface area contributed by atoms with Gasteiger partial charge in [-0.15, -0.1) is 0 Å². The van der Waals surface area contributed by atoms with Gasteiger partial charge in [0, 0.05) is 26.6 Å². The van der Waals surface area contributed by atoms with Crippen LogP contribution in [0.4, 0.5) is 0 Å². The lowest BCUT2D eigenvalue weighted by Crippen LogP contribution is -2.39. The molecule has 1 aromatic rings. The topological polar surface area (TPSA) is 75.3 Å². The first-order valence-corrected chi connectivity index (χ1v) is 6.01. The van der Waals surface area contributed by atoms with Gasteiger partial charge in [-0.25, -0.2) is 0 Å². The monoisotopic (exact) mass is 237 g/mol. The Morgan fingerprint density at radius 3 is 2.88 bits per heavy atom. The Morgan fingerprint density at radius 1 is 1.47 bits per heavy atom. The van der Waals surface area contributed by atoms with E-state index in [0.717, 1.165) is 25.0 Å². The third-order valence-electron chi connectivity index (χ3n) is 2.68. The fourth-order valence-corrected chi connectivity index (χ4v) is 1.51. The second-order valence-corrected chi connectivity index (χ2v) is 4.31. The summed E-state index contributed by atoms with van der Waals surface area (Å²) in [6.07, 6.45) is 3.39. The van der Waals surface area contributed by atoms with Crippen molar-refractivity contribution >= 4 is 5.96 Å². The van der Waals surface area contributed by atoms with Gasteiger partial charge in [-0.1, -0.05) is 5.16 Å². The second-order valence-electron chi connectivity index (χ2n) is 4.31. The molecule has 0 aliphatic heterocycles. The summed E-state index contributed by atoms with van der Waals surface area (Å²) >= 11 is 0. The molecule has 1 aliphatic carbocycles. The van der Waals surface area contributed by atoms with Crippen molar-refractivity contribution in [3.05, 3.63) is 11.7 Å². The Hall–Kier alpha value is -1.59. The van der Waals surface area contributed by atoms with E-state index >= 15 is 0 Å². The number of nitrogens with one attached hydrogen (secondary N) is 2. The molecule has 0 spiro atoms. The van der Waals surface area contributed by atoms with Crippen molar-refractivity contribution < 1.29 is 4.52 Å². The lowest BCUT2D eigenvalue weighted by molar-refractivity contribution is 0.374. The van der Waals surface area contributed by atoms with Gasteiger partial charge in [0.1, 0.15) is 0 Å². The summed E-state index contributed by atoms with van der Waals surface area (Å²) in [5.74, 6) is 3.02. The summed E-state index contributed by atoms with van der Waals surface area (Å²) in [7, 11) is 1.78. The van der Waals surface area contributed by atoms with Gasteiger partial charge in [0.2, 0.25) is 5.89 Å². The maximum absolute atomic E-state index is 5.03. The van der Waals surface area contributed by atoms with Crippen LogP contribution in [0, 0.1) is 12.8 Å². The molecule has 0 unspecified atom stereocenters. The van der Waals surface area contributed by atoms with Gasteiger partial charge >= 0.3 is 0 Å². The summed E-state index contributed by atoms with van der Waals surface area (Å²) < 4.78 is 5.03. The first-order chi connectivity index (χ1) is 8.28. The summed E-state index contributed by atoms with van der Waals surface area (Å²) in [6.45, 7) is 3.57. The van der Waals surface area contributed by atoms with Crippen LogP contribution in [0.5, 0.6) is 0 Å². The number of aromatic nitrogens is 2. The first kappa shape index (κ1) is 11.9. The predicted molar refractivity (Wildman–Crippen MR) is 64.8 cm³/mol. The van der Waals surface area contributed by atoms with E-state index in [9.17, 15) is 0 Å². The number of nitrogens with zero attached hydrogens (tertiary/aromatic N) is 3. The summed E-state index contributed by atoms with van der Waals surface area (Å²) in [5, 5.41) is 10.3. The van der Waals surface area contributed by atoms with Crippen molar-refractivity contribution in [1.82, 2.24) is 20.8 Å². The van der Waals surface area contributed by atoms with Gasteiger partial charge in [-0.3, -0.25) is 4.99 Å². The molecule has 6 heteroatoms. The number of hydrogen-bond acceptors (Lipinski definition) is 4. The van der Waals surface area contributed by atoms with Crippen molar-refractivity contribution in [2.24, 2.45) is 10.9 Å². The largest absolute Gasteiger partial charge is 0.356 e. The van der Waals surface area contributed by atoms with Crippen LogP contribution < -0.4 is 10.6 Å². The van der Waals surface area contributed by atoms with E-state index in [4.69, 9.17) is 4.52 Å². The molecule has 6 nitrogen and oxygen atoms in total. The van der Waals surface area contributed by atoms with Crippen molar-refractivity contribution in [3.8, 4) is 0 Å². The summed E-state index contributed by atoms with van der Waals surface area (Å²) in [5.41, 5.74) is 0. The average Bonchev–Trinajstić information content (AvgIpc) is 3.06. The molecule has 0 saturated heterocycles. The smallest absolute Gasteiger partial charge is 0.228 e. The zero-order valence-electron chi connectivity index (χ0n) is 10.4. The van der Waals surface area contributed by atoms with E-state index in [1.54, 1.807) is 7.05 Å². The highest BCUT2D eigenvalue weighted by atomic mass is 16.5. The van der Waals surface area contributed by atoms with Crippen molar-refractivity contribution in [3.63, 3.8) is 0 Å². The first-order valence-electron chi connectivity index (χ1n) is 6.01. The van der Waals surface area contributed by atoms with Gasteiger partial charge < -0.3 is 15.2 Å². The van der Waals surface area contributed by atoms with Crippen LogP contribution in [0.1, 0.15) is 24.6 Å². The maximum atomic E-state index is 5.03. The molecule has 1 aliphatic rings. The van der Waals surface area contributed by atoms with Gasteiger partial charge in [0.05, 0.1) is 0 Å². The molecule has 17 heavy (non-hydrogen) atoms. The molecule has 0 amide bonds. The van der Waals surface area contributed by atoms with Crippen LogP contribution in [0.25, 0.3) is 0 Å². The molecule has 1 saturated carbocycles. The second kappa shape index (κ2) is 5.65. The Kier molecular flexibility index (Phi) is 3.95. The Bertz CT molecular complexity index is 383. The molecule has 2 N–H and O–H groups in total. The standard InChI is InChI=1S/C11H19N5O/c1-8-15-10(17-16-8)5-6-13-11(12-2)14-7-9-3-4-9/h9H,3-7H2,1-2H3,(H2,12,13,14). The van der Waals surface area contributed by atoms with E-state index in [-0.39, 0.29) is 0 Å². The number of rotatable bonds is 5. The molecule has 0 radical (unpaired) electrons. The van der Waals surface area contributed by atoms with Crippen molar-refractivity contribution in [1.29, 1.82) is 0 Å². The van der Waals surface area contributed by atoms with E-state index in [0.29, 0.717) is 18.1 Å². The maximum Gasteiger partial charge on any atom is 0.228 e. The lowest BCUT2D eigenvalue weighted by atomic mass is 10.4. The molecule has 1 heterocycles. The fraction of sp³-hybridized carbons (Fsp3) is 0.727. The normalized spacial score (nSPS) is 16.0. The molecule has 1 aromatic heterocycles. The van der Waals surface area contributed by atoms with Gasteiger partial charge in [-0.2, -0.15) is 4.98 Å². The Labute approximate surface area is 101 Å². The van der Waals surface area contributed by atoms with E-state index < -0.39 is 0 Å². The van der Waals surface area contributed by atoms with E-state index in [1.165, 1.54) is 12.8 Å². The van der Waals surface area contributed by atoms with E-state index in [1.807, 2.05) is 6.92 Å². The van der Waals surface area contributed by atoms with Crippen LogP contribution >= 0.6 is 0 Å². The van der Waals surface area contributed by atoms with Crippen molar-refractivity contribution in [2.45, 2.75) is 26.2 Å². The molecule has 1 fully saturated rings. The third kappa shape index (κ3) is 4.05. The Balaban J connectivity index is 1.65. The molecule has 94 valence electrons. The molecular weight excluding hydrogens is 218 g/mol. The fourth-order valence-electron chi connectivity index (χ4n) is 1.51. The van der Waals surface area contributed by atoms with Gasteiger partial charge in [-0.05, 0) is 25.7 Å².